The number of urea groups is 1. The minimum atomic E-state index is -0.252. The molecule has 2 heterocycles. The second-order valence-corrected chi connectivity index (χ2v) is 7.85. The molecule has 32 heavy (non-hydrogen) atoms. The monoisotopic (exact) mass is 446 g/mol. The molecule has 0 aliphatic carbocycles. The van der Waals surface area contributed by atoms with Crippen LogP contribution in [0, 0.1) is 0 Å². The maximum atomic E-state index is 13.4. The minimum Gasteiger partial charge on any atom is -0.497 e. The van der Waals surface area contributed by atoms with Gasteiger partial charge in [-0.05, 0) is 18.2 Å². The molecular formula is C23H34N4O5. The second kappa shape index (κ2) is 12.4. The fourth-order valence-corrected chi connectivity index (χ4v) is 3.83. The van der Waals surface area contributed by atoms with E-state index in [1.165, 1.54) is 0 Å². The number of hydrogen-bond donors (Lipinski definition) is 1. The van der Waals surface area contributed by atoms with E-state index in [1.807, 2.05) is 17.0 Å². The van der Waals surface area contributed by atoms with Crippen LogP contribution in [0.1, 0.15) is 10.4 Å². The molecule has 176 valence electrons. The van der Waals surface area contributed by atoms with Crippen LogP contribution in [0.5, 0.6) is 5.75 Å². The molecule has 0 saturated carbocycles. The summed E-state index contributed by atoms with van der Waals surface area (Å²) < 4.78 is 16.6. The van der Waals surface area contributed by atoms with Crippen molar-refractivity contribution >= 4 is 11.9 Å². The summed E-state index contributed by atoms with van der Waals surface area (Å²) in [7, 11) is 1.58. The predicted molar refractivity (Wildman–Crippen MR) is 121 cm³/mol. The van der Waals surface area contributed by atoms with Crippen LogP contribution >= 0.6 is 0 Å². The lowest BCUT2D eigenvalue weighted by molar-refractivity contribution is -0.0295. The molecule has 1 aromatic carbocycles. The smallest absolute Gasteiger partial charge is 0.317 e. The summed E-state index contributed by atoms with van der Waals surface area (Å²) in [6, 6.07) is 7.04. The van der Waals surface area contributed by atoms with E-state index in [9.17, 15) is 9.59 Å². The average Bonchev–Trinajstić information content (AvgIpc) is 2.85. The normalized spacial score (nSPS) is 19.3. The van der Waals surface area contributed by atoms with Gasteiger partial charge in [0.15, 0.2) is 0 Å². The highest BCUT2D eigenvalue weighted by molar-refractivity contribution is 5.94. The molecule has 2 aliphatic rings. The van der Waals surface area contributed by atoms with Crippen molar-refractivity contribution in [3.05, 3.63) is 42.5 Å². The molecule has 1 N–H and O–H groups in total. The number of methoxy groups -OCH3 is 1. The Balaban J connectivity index is 1.67. The zero-order valence-electron chi connectivity index (χ0n) is 18.8. The van der Waals surface area contributed by atoms with Crippen LogP contribution in [0.3, 0.4) is 0 Å². The quantitative estimate of drug-likeness (QED) is 0.572. The highest BCUT2D eigenvalue weighted by atomic mass is 16.5. The first-order valence-corrected chi connectivity index (χ1v) is 11.1. The van der Waals surface area contributed by atoms with E-state index in [2.05, 4.69) is 16.8 Å². The minimum absolute atomic E-state index is 0.0750. The maximum Gasteiger partial charge on any atom is 0.317 e. The van der Waals surface area contributed by atoms with Gasteiger partial charge in [0.1, 0.15) is 5.75 Å². The molecule has 9 heteroatoms. The van der Waals surface area contributed by atoms with Crippen LogP contribution in [0.2, 0.25) is 0 Å². The number of carbonyl (C=O) groups excluding carboxylic acids is 2. The highest BCUT2D eigenvalue weighted by Crippen LogP contribution is 2.16. The van der Waals surface area contributed by atoms with Gasteiger partial charge >= 0.3 is 6.03 Å². The lowest BCUT2D eigenvalue weighted by Crippen LogP contribution is -2.53. The van der Waals surface area contributed by atoms with Gasteiger partial charge in [0.25, 0.3) is 5.91 Å². The largest absolute Gasteiger partial charge is 0.497 e. The molecule has 0 radical (unpaired) electrons. The molecule has 0 spiro atoms. The number of ether oxygens (including phenoxy) is 3. The van der Waals surface area contributed by atoms with Crippen molar-refractivity contribution in [1.29, 1.82) is 0 Å². The van der Waals surface area contributed by atoms with Gasteiger partial charge in [0, 0.05) is 51.4 Å². The number of nitrogens with one attached hydrogen (secondary N) is 1. The summed E-state index contributed by atoms with van der Waals surface area (Å²) >= 11 is 0. The van der Waals surface area contributed by atoms with Crippen molar-refractivity contribution in [1.82, 2.24) is 20.0 Å². The first-order valence-electron chi connectivity index (χ1n) is 11.1. The molecule has 3 rings (SSSR count). The maximum absolute atomic E-state index is 13.4. The van der Waals surface area contributed by atoms with Crippen LogP contribution in [-0.4, -0.2) is 112 Å². The van der Waals surface area contributed by atoms with Crippen molar-refractivity contribution in [3.8, 4) is 5.75 Å². The van der Waals surface area contributed by atoms with Gasteiger partial charge in [-0.3, -0.25) is 9.69 Å². The van der Waals surface area contributed by atoms with E-state index in [0.717, 1.165) is 19.6 Å². The first kappa shape index (κ1) is 24.0. The molecule has 1 aromatic rings. The summed E-state index contributed by atoms with van der Waals surface area (Å²) in [5, 5.41) is 2.81. The van der Waals surface area contributed by atoms with Crippen molar-refractivity contribution in [2.24, 2.45) is 0 Å². The molecule has 3 amide bonds. The number of rotatable bonds is 9. The zero-order valence-corrected chi connectivity index (χ0v) is 18.8. The Morgan fingerprint density at radius 1 is 1.28 bits per heavy atom. The Hall–Kier alpha value is -2.62. The van der Waals surface area contributed by atoms with Crippen LogP contribution < -0.4 is 10.1 Å². The lowest BCUT2D eigenvalue weighted by Gasteiger charge is -2.36. The molecule has 2 saturated heterocycles. The number of hydrogen-bond acceptors (Lipinski definition) is 6. The standard InChI is InChI=1S/C23H34N4O5/c1-3-7-24-23(29)27-12-15-32-21(18-27)17-26(9-8-25-10-13-31-14-11-25)22(28)19-5-4-6-20(16-19)30-2/h3-6,16,21H,1,7-15,17-18H2,2H3,(H,24,29)/t21-/m0/s1. The number of morpholine rings is 2. The van der Waals surface area contributed by atoms with Crippen LogP contribution in [0.25, 0.3) is 0 Å². The van der Waals surface area contributed by atoms with Gasteiger partial charge in [0.05, 0.1) is 39.6 Å². The fraction of sp³-hybridized carbons (Fsp3) is 0.565. The molecular weight excluding hydrogens is 412 g/mol. The Morgan fingerprint density at radius 3 is 2.84 bits per heavy atom. The molecule has 2 aliphatic heterocycles. The van der Waals surface area contributed by atoms with E-state index in [1.54, 1.807) is 30.2 Å². The van der Waals surface area contributed by atoms with E-state index in [-0.39, 0.29) is 18.0 Å². The van der Waals surface area contributed by atoms with Gasteiger partial charge in [-0.25, -0.2) is 4.79 Å². The number of nitrogens with zero attached hydrogens (tertiary/aromatic N) is 3. The van der Waals surface area contributed by atoms with E-state index in [0.29, 0.717) is 63.9 Å². The SMILES string of the molecule is C=CCNC(=O)N1CCO[C@@H](CN(CCN2CCOCC2)C(=O)c2cccc(OC)c2)C1. The Morgan fingerprint density at radius 2 is 2.09 bits per heavy atom. The van der Waals surface area contributed by atoms with Crippen molar-refractivity contribution in [3.63, 3.8) is 0 Å². The van der Waals surface area contributed by atoms with Gasteiger partial charge in [-0.1, -0.05) is 12.1 Å². The molecule has 9 nitrogen and oxygen atoms in total. The van der Waals surface area contributed by atoms with Crippen molar-refractivity contribution in [2.45, 2.75) is 6.10 Å². The summed E-state index contributed by atoms with van der Waals surface area (Å²) in [4.78, 5) is 31.6. The molecule has 0 bridgehead atoms. The van der Waals surface area contributed by atoms with Crippen molar-refractivity contribution < 1.29 is 23.8 Å². The van der Waals surface area contributed by atoms with Gasteiger partial charge < -0.3 is 29.3 Å². The van der Waals surface area contributed by atoms with Gasteiger partial charge in [-0.2, -0.15) is 0 Å². The second-order valence-electron chi connectivity index (χ2n) is 7.85. The molecule has 0 aromatic heterocycles. The molecule has 1 atom stereocenters. The number of benzene rings is 1. The Labute approximate surface area is 189 Å². The third-order valence-corrected chi connectivity index (χ3v) is 5.64. The van der Waals surface area contributed by atoms with Crippen LogP contribution in [0.4, 0.5) is 4.79 Å². The Kier molecular flexibility index (Phi) is 9.33. The summed E-state index contributed by atoms with van der Waals surface area (Å²) in [5.74, 6) is 0.567. The van der Waals surface area contributed by atoms with Crippen molar-refractivity contribution in [2.75, 3.05) is 79.3 Å². The number of amides is 3. The van der Waals surface area contributed by atoms with Gasteiger partial charge in [-0.15, -0.1) is 6.58 Å². The van der Waals surface area contributed by atoms with Crippen LogP contribution in [0.15, 0.2) is 36.9 Å². The summed E-state index contributed by atoms with van der Waals surface area (Å²) in [5.41, 5.74) is 0.572. The van der Waals surface area contributed by atoms with E-state index >= 15 is 0 Å². The third kappa shape index (κ3) is 6.94. The summed E-state index contributed by atoms with van der Waals surface area (Å²) in [6.07, 6.45) is 1.40. The topological polar surface area (TPSA) is 83.6 Å². The lowest BCUT2D eigenvalue weighted by atomic mass is 10.1. The number of carbonyl (C=O) groups is 2. The fourth-order valence-electron chi connectivity index (χ4n) is 3.83. The first-order chi connectivity index (χ1) is 15.6. The predicted octanol–water partition coefficient (Wildman–Crippen LogP) is 1.07. The average molecular weight is 447 g/mol. The molecule has 0 unspecified atom stereocenters. The molecule has 2 fully saturated rings. The third-order valence-electron chi connectivity index (χ3n) is 5.64. The van der Waals surface area contributed by atoms with E-state index < -0.39 is 0 Å². The van der Waals surface area contributed by atoms with E-state index in [4.69, 9.17) is 14.2 Å². The zero-order chi connectivity index (χ0) is 22.8. The summed E-state index contributed by atoms with van der Waals surface area (Å²) in [6.45, 7) is 10.3. The highest BCUT2D eigenvalue weighted by Gasteiger charge is 2.28. The van der Waals surface area contributed by atoms with Gasteiger partial charge in [0.2, 0.25) is 0 Å². The van der Waals surface area contributed by atoms with Crippen LogP contribution in [-0.2, 0) is 9.47 Å². The Bertz CT molecular complexity index is 769.